The number of amides is 1. The molecule has 7 heteroatoms. The monoisotopic (exact) mass is 342 g/mol. The second kappa shape index (κ2) is 7.02. The highest BCUT2D eigenvalue weighted by molar-refractivity contribution is 7.99. The van der Waals surface area contributed by atoms with Crippen molar-refractivity contribution >= 4 is 27.7 Å². The summed E-state index contributed by atoms with van der Waals surface area (Å²) in [5.74, 6) is -0.0331. The third kappa shape index (κ3) is 4.47. The van der Waals surface area contributed by atoms with E-state index in [0.29, 0.717) is 37.0 Å². The molecule has 0 unspecified atom stereocenters. The number of nitrogens with zero attached hydrogens (tertiary/aromatic N) is 2. The van der Waals surface area contributed by atoms with E-state index < -0.39 is 10.0 Å². The topological polar surface area (TPSA) is 57.7 Å². The molecule has 0 N–H and O–H groups in total. The maximum absolute atomic E-state index is 12.4. The molecule has 0 atom stereocenters. The third-order valence-electron chi connectivity index (χ3n) is 3.47. The highest BCUT2D eigenvalue weighted by Gasteiger charge is 2.26. The smallest absolute Gasteiger partial charge is 0.253 e. The molecule has 1 aromatic rings. The van der Waals surface area contributed by atoms with Gasteiger partial charge in [0.1, 0.15) is 0 Å². The van der Waals surface area contributed by atoms with Crippen molar-refractivity contribution in [1.29, 1.82) is 0 Å². The molecule has 1 aromatic carbocycles. The summed E-state index contributed by atoms with van der Waals surface area (Å²) in [6, 6.07) is 7.61. The zero-order valence-corrected chi connectivity index (χ0v) is 14.8. The number of sulfonamides is 1. The first-order chi connectivity index (χ1) is 10.3. The highest BCUT2D eigenvalue weighted by atomic mass is 32.2. The summed E-state index contributed by atoms with van der Waals surface area (Å²) in [6.07, 6.45) is 1.20. The van der Waals surface area contributed by atoms with Crippen LogP contribution in [0.5, 0.6) is 0 Å². The lowest BCUT2D eigenvalue weighted by molar-refractivity contribution is 0.0698. The predicted molar refractivity (Wildman–Crippen MR) is 89.8 cm³/mol. The van der Waals surface area contributed by atoms with Gasteiger partial charge in [0.25, 0.3) is 5.91 Å². The van der Waals surface area contributed by atoms with Gasteiger partial charge in [-0.05, 0) is 24.3 Å². The number of carbonyl (C=O) groups excluding carboxylic acids is 1. The van der Waals surface area contributed by atoms with Crippen molar-refractivity contribution in [2.24, 2.45) is 0 Å². The van der Waals surface area contributed by atoms with Gasteiger partial charge in [-0.15, -0.1) is 11.8 Å². The molecule has 1 aliphatic rings. The molecule has 0 bridgehead atoms. The molecule has 1 amide bonds. The quantitative estimate of drug-likeness (QED) is 0.784. The summed E-state index contributed by atoms with van der Waals surface area (Å²) in [6.45, 7) is 5.87. The lowest BCUT2D eigenvalue weighted by atomic mass is 10.2. The molecule has 1 fully saturated rings. The van der Waals surface area contributed by atoms with Crippen molar-refractivity contribution in [3.63, 3.8) is 0 Å². The largest absolute Gasteiger partial charge is 0.336 e. The van der Waals surface area contributed by atoms with E-state index in [1.807, 2.05) is 24.3 Å². The van der Waals surface area contributed by atoms with Crippen molar-refractivity contribution in [1.82, 2.24) is 9.21 Å². The van der Waals surface area contributed by atoms with E-state index in [0.717, 1.165) is 4.90 Å². The molecule has 0 radical (unpaired) electrons. The summed E-state index contributed by atoms with van der Waals surface area (Å²) in [7, 11) is -3.16. The lowest BCUT2D eigenvalue weighted by Gasteiger charge is -2.33. The Kier molecular flexibility index (Phi) is 5.52. The van der Waals surface area contributed by atoms with Gasteiger partial charge in [0.2, 0.25) is 10.0 Å². The normalized spacial score (nSPS) is 17.0. The molecule has 1 saturated heterocycles. The minimum Gasteiger partial charge on any atom is -0.336 e. The fraction of sp³-hybridized carbons (Fsp3) is 0.533. The number of rotatable bonds is 4. The van der Waals surface area contributed by atoms with Gasteiger partial charge in [0.05, 0.1) is 6.26 Å². The van der Waals surface area contributed by atoms with E-state index in [2.05, 4.69) is 13.8 Å². The van der Waals surface area contributed by atoms with Crippen LogP contribution in [0.15, 0.2) is 29.2 Å². The van der Waals surface area contributed by atoms with E-state index in [-0.39, 0.29) is 5.91 Å². The van der Waals surface area contributed by atoms with Crippen LogP contribution in [0.2, 0.25) is 0 Å². The van der Waals surface area contributed by atoms with Crippen molar-refractivity contribution in [2.75, 3.05) is 32.4 Å². The number of thioether (sulfide) groups is 1. The van der Waals surface area contributed by atoms with Crippen molar-refractivity contribution in [2.45, 2.75) is 24.0 Å². The van der Waals surface area contributed by atoms with Crippen molar-refractivity contribution in [3.05, 3.63) is 29.8 Å². The van der Waals surface area contributed by atoms with E-state index in [1.165, 1.54) is 10.6 Å². The maximum Gasteiger partial charge on any atom is 0.253 e. The number of carbonyl (C=O) groups is 1. The van der Waals surface area contributed by atoms with Crippen LogP contribution in [0.25, 0.3) is 0 Å². The zero-order valence-electron chi connectivity index (χ0n) is 13.2. The molecular weight excluding hydrogens is 320 g/mol. The van der Waals surface area contributed by atoms with Crippen molar-refractivity contribution < 1.29 is 13.2 Å². The molecule has 0 spiro atoms. The van der Waals surface area contributed by atoms with Gasteiger partial charge in [-0.1, -0.05) is 13.8 Å². The molecule has 22 heavy (non-hydrogen) atoms. The number of hydrogen-bond donors (Lipinski definition) is 0. The molecule has 0 aliphatic carbocycles. The van der Waals surface area contributed by atoms with Gasteiger partial charge in [-0.2, -0.15) is 4.31 Å². The molecule has 0 saturated carbocycles. The average Bonchev–Trinajstić information content (AvgIpc) is 2.46. The summed E-state index contributed by atoms with van der Waals surface area (Å²) in [4.78, 5) is 15.3. The van der Waals surface area contributed by atoms with E-state index in [4.69, 9.17) is 0 Å². The van der Waals surface area contributed by atoms with Gasteiger partial charge >= 0.3 is 0 Å². The Bertz CT molecular complexity index is 619. The van der Waals surface area contributed by atoms with E-state index in [1.54, 1.807) is 16.7 Å². The zero-order chi connectivity index (χ0) is 16.3. The molecule has 5 nitrogen and oxygen atoms in total. The molecule has 0 aromatic heterocycles. The van der Waals surface area contributed by atoms with Crippen LogP contribution in [0, 0.1) is 0 Å². The van der Waals surface area contributed by atoms with Crippen LogP contribution in [0.3, 0.4) is 0 Å². The average molecular weight is 342 g/mol. The minimum absolute atomic E-state index is 0.0331. The van der Waals surface area contributed by atoms with Crippen LogP contribution >= 0.6 is 11.8 Å². The van der Waals surface area contributed by atoms with Crippen LogP contribution in [0.1, 0.15) is 24.2 Å². The van der Waals surface area contributed by atoms with Gasteiger partial charge in [0.15, 0.2) is 0 Å². The molecule has 122 valence electrons. The Balaban J connectivity index is 1.98. The maximum atomic E-state index is 12.4. The second-order valence-corrected chi connectivity index (χ2v) is 9.28. The fourth-order valence-electron chi connectivity index (χ4n) is 2.35. The first kappa shape index (κ1) is 17.3. The SMILES string of the molecule is CC(C)Sc1ccc(C(=O)N2CCN(S(C)(=O)=O)CC2)cc1. The first-order valence-electron chi connectivity index (χ1n) is 7.28. The molecule has 1 heterocycles. The highest BCUT2D eigenvalue weighted by Crippen LogP contribution is 2.23. The lowest BCUT2D eigenvalue weighted by Crippen LogP contribution is -2.50. The summed E-state index contributed by atoms with van der Waals surface area (Å²) < 4.78 is 24.4. The fourth-order valence-corrected chi connectivity index (χ4v) is 4.02. The van der Waals surface area contributed by atoms with Gasteiger partial charge in [0, 0.05) is 41.9 Å². The van der Waals surface area contributed by atoms with E-state index >= 15 is 0 Å². The van der Waals surface area contributed by atoms with Crippen LogP contribution in [0.4, 0.5) is 0 Å². The Labute approximate surface area is 136 Å². The summed E-state index contributed by atoms with van der Waals surface area (Å²) >= 11 is 1.76. The Morgan fingerprint density at radius 1 is 1.09 bits per heavy atom. The van der Waals surface area contributed by atoms with Gasteiger partial charge in [-0.3, -0.25) is 4.79 Å². The first-order valence-corrected chi connectivity index (χ1v) is 10.0. The molecule has 1 aliphatic heterocycles. The Morgan fingerprint density at radius 3 is 2.09 bits per heavy atom. The van der Waals surface area contributed by atoms with Gasteiger partial charge in [-0.25, -0.2) is 8.42 Å². The molecular formula is C15H22N2O3S2. The van der Waals surface area contributed by atoms with Crippen LogP contribution in [-0.2, 0) is 10.0 Å². The predicted octanol–water partition coefficient (Wildman–Crippen LogP) is 1.90. The number of piperazine rings is 1. The van der Waals surface area contributed by atoms with Crippen LogP contribution in [-0.4, -0.2) is 61.2 Å². The summed E-state index contributed by atoms with van der Waals surface area (Å²) in [5.41, 5.74) is 0.654. The van der Waals surface area contributed by atoms with Crippen molar-refractivity contribution in [3.8, 4) is 0 Å². The second-order valence-electron chi connectivity index (χ2n) is 5.65. The standard InChI is InChI=1S/C15H22N2O3S2/c1-12(2)21-14-6-4-13(5-7-14)15(18)16-8-10-17(11-9-16)22(3,19)20/h4-7,12H,8-11H2,1-3H3. The summed E-state index contributed by atoms with van der Waals surface area (Å²) in [5, 5.41) is 0.505. The number of hydrogen-bond acceptors (Lipinski definition) is 4. The molecule has 2 rings (SSSR count). The Hall–Kier alpha value is -1.05. The van der Waals surface area contributed by atoms with Crippen LogP contribution < -0.4 is 0 Å². The number of benzene rings is 1. The minimum atomic E-state index is -3.16. The third-order valence-corrected chi connectivity index (χ3v) is 5.79. The van der Waals surface area contributed by atoms with E-state index in [9.17, 15) is 13.2 Å². The van der Waals surface area contributed by atoms with Gasteiger partial charge < -0.3 is 4.90 Å². The Morgan fingerprint density at radius 2 is 1.64 bits per heavy atom.